The molecule has 3 rings (SSSR count). The molecule has 26 heavy (non-hydrogen) atoms. The van der Waals surface area contributed by atoms with Crippen molar-refractivity contribution in [2.24, 2.45) is 23.7 Å². The first kappa shape index (κ1) is 19.8. The summed E-state index contributed by atoms with van der Waals surface area (Å²) < 4.78 is 39.7. The summed E-state index contributed by atoms with van der Waals surface area (Å²) >= 11 is 0. The summed E-state index contributed by atoms with van der Waals surface area (Å²) in [5, 5.41) is 0. The largest absolute Gasteiger partial charge is 0.204 e. The molecular weight excluding hydrogens is 333 g/mol. The van der Waals surface area contributed by atoms with Crippen LogP contribution < -0.4 is 0 Å². The molecule has 1 aromatic rings. The van der Waals surface area contributed by atoms with Gasteiger partial charge in [-0.25, -0.2) is 13.2 Å². The fourth-order valence-corrected chi connectivity index (χ4v) is 5.43. The van der Waals surface area contributed by atoms with Crippen molar-refractivity contribution in [2.75, 3.05) is 0 Å². The Morgan fingerprint density at radius 3 is 1.65 bits per heavy atom. The van der Waals surface area contributed by atoms with Crippen molar-refractivity contribution in [1.29, 1.82) is 0 Å². The fourth-order valence-electron chi connectivity index (χ4n) is 5.43. The van der Waals surface area contributed by atoms with Gasteiger partial charge in [-0.1, -0.05) is 45.4 Å². The van der Waals surface area contributed by atoms with Crippen LogP contribution in [0, 0.1) is 41.1 Å². The maximum Gasteiger partial charge on any atom is 0.194 e. The monoisotopic (exact) mass is 366 g/mol. The number of benzene rings is 1. The highest BCUT2D eigenvalue weighted by Crippen LogP contribution is 2.42. The molecule has 0 saturated heterocycles. The molecule has 0 atom stereocenters. The first-order valence-corrected chi connectivity index (χ1v) is 10.7. The van der Waals surface area contributed by atoms with Crippen LogP contribution >= 0.6 is 0 Å². The number of aryl methyl sites for hydroxylation is 1. The topological polar surface area (TPSA) is 0 Å². The van der Waals surface area contributed by atoms with Crippen molar-refractivity contribution in [3.8, 4) is 0 Å². The molecule has 0 N–H and O–H groups in total. The predicted molar refractivity (Wildman–Crippen MR) is 100 cm³/mol. The van der Waals surface area contributed by atoms with Gasteiger partial charge in [-0.15, -0.1) is 0 Å². The smallest absolute Gasteiger partial charge is 0.194 e. The van der Waals surface area contributed by atoms with Gasteiger partial charge in [0.2, 0.25) is 0 Å². The molecule has 0 unspecified atom stereocenters. The van der Waals surface area contributed by atoms with Crippen LogP contribution in [0.1, 0.15) is 83.1 Å². The minimum atomic E-state index is -1.36. The number of hydrogen-bond donors (Lipinski definition) is 0. The SMILES string of the molecule is CCCC1CCC(C2CCC(CCc3cc(F)c(F)c(F)c3)CC2)CC1. The van der Waals surface area contributed by atoms with Crippen LogP contribution in [0.3, 0.4) is 0 Å². The Bertz CT molecular complexity index is 544. The van der Waals surface area contributed by atoms with E-state index in [4.69, 9.17) is 0 Å². The zero-order valence-electron chi connectivity index (χ0n) is 16.1. The van der Waals surface area contributed by atoms with Crippen molar-refractivity contribution < 1.29 is 13.2 Å². The lowest BCUT2D eigenvalue weighted by Crippen LogP contribution is -2.26. The van der Waals surface area contributed by atoms with E-state index in [1.807, 2.05) is 0 Å². The van der Waals surface area contributed by atoms with E-state index in [1.165, 1.54) is 64.2 Å². The maximum atomic E-state index is 13.3. The van der Waals surface area contributed by atoms with Gasteiger partial charge < -0.3 is 0 Å². The fraction of sp³-hybridized carbons (Fsp3) is 0.739. The van der Waals surface area contributed by atoms with Gasteiger partial charge in [0.25, 0.3) is 0 Å². The van der Waals surface area contributed by atoms with Crippen molar-refractivity contribution in [3.05, 3.63) is 35.1 Å². The second-order valence-electron chi connectivity index (χ2n) is 8.76. The molecule has 1 aromatic carbocycles. The van der Waals surface area contributed by atoms with Gasteiger partial charge >= 0.3 is 0 Å². The van der Waals surface area contributed by atoms with E-state index in [1.54, 1.807) is 0 Å². The highest BCUT2D eigenvalue weighted by molar-refractivity contribution is 5.19. The van der Waals surface area contributed by atoms with E-state index in [0.717, 1.165) is 36.3 Å². The first-order chi connectivity index (χ1) is 12.6. The summed E-state index contributed by atoms with van der Waals surface area (Å²) in [4.78, 5) is 0. The molecule has 0 nitrogen and oxygen atoms in total. The van der Waals surface area contributed by atoms with Gasteiger partial charge in [0.15, 0.2) is 17.5 Å². The van der Waals surface area contributed by atoms with Gasteiger partial charge in [-0.3, -0.25) is 0 Å². The van der Waals surface area contributed by atoms with E-state index < -0.39 is 17.5 Å². The Kier molecular flexibility index (Phi) is 7.05. The molecule has 3 heteroatoms. The number of hydrogen-bond acceptors (Lipinski definition) is 0. The first-order valence-electron chi connectivity index (χ1n) is 10.7. The second-order valence-corrected chi connectivity index (χ2v) is 8.76. The van der Waals surface area contributed by atoms with Gasteiger partial charge in [0.1, 0.15) is 0 Å². The molecular formula is C23H33F3. The summed E-state index contributed by atoms with van der Waals surface area (Å²) in [7, 11) is 0. The van der Waals surface area contributed by atoms with E-state index in [2.05, 4.69) is 6.92 Å². The standard InChI is InChI=1S/C23H33F3/c1-2-3-16-6-10-19(11-7-16)20-12-8-17(9-13-20)4-5-18-14-21(24)23(26)22(25)15-18/h14-17,19-20H,2-13H2,1H3. The number of rotatable bonds is 6. The van der Waals surface area contributed by atoms with E-state index in [9.17, 15) is 13.2 Å². The van der Waals surface area contributed by atoms with E-state index >= 15 is 0 Å². The van der Waals surface area contributed by atoms with Gasteiger partial charge in [-0.05, 0) is 79.9 Å². The van der Waals surface area contributed by atoms with Crippen LogP contribution in [0.25, 0.3) is 0 Å². The zero-order chi connectivity index (χ0) is 18.5. The Labute approximate surface area is 156 Å². The summed E-state index contributed by atoms with van der Waals surface area (Å²) in [5.74, 6) is -0.0329. The Morgan fingerprint density at radius 2 is 1.19 bits per heavy atom. The third-order valence-electron chi connectivity index (χ3n) is 7.03. The van der Waals surface area contributed by atoms with Crippen molar-refractivity contribution in [3.63, 3.8) is 0 Å². The Hall–Kier alpha value is -0.990. The molecule has 0 aromatic heterocycles. The molecule has 0 bridgehead atoms. The third kappa shape index (κ3) is 5.04. The minimum absolute atomic E-state index is 0.581. The maximum absolute atomic E-state index is 13.3. The predicted octanol–water partition coefficient (Wildman–Crippen LogP) is 7.45. The summed E-state index contributed by atoms with van der Waals surface area (Å²) in [6.07, 6.45) is 15.2. The van der Waals surface area contributed by atoms with Gasteiger partial charge in [-0.2, -0.15) is 0 Å². The minimum Gasteiger partial charge on any atom is -0.204 e. The third-order valence-corrected chi connectivity index (χ3v) is 7.03. The summed E-state index contributed by atoms with van der Waals surface area (Å²) in [6, 6.07) is 2.30. The van der Waals surface area contributed by atoms with Crippen LogP contribution in [0.4, 0.5) is 13.2 Å². The zero-order valence-corrected chi connectivity index (χ0v) is 16.1. The van der Waals surface area contributed by atoms with Crippen LogP contribution in [-0.4, -0.2) is 0 Å². The molecule has 0 amide bonds. The molecule has 2 fully saturated rings. The molecule has 0 radical (unpaired) electrons. The molecule has 0 heterocycles. The van der Waals surface area contributed by atoms with Crippen LogP contribution in [0.2, 0.25) is 0 Å². The highest BCUT2D eigenvalue weighted by atomic mass is 19.2. The molecule has 0 spiro atoms. The van der Waals surface area contributed by atoms with E-state index in [-0.39, 0.29) is 0 Å². The van der Waals surface area contributed by atoms with Crippen molar-refractivity contribution >= 4 is 0 Å². The second kappa shape index (κ2) is 9.28. The van der Waals surface area contributed by atoms with Crippen LogP contribution in [-0.2, 0) is 6.42 Å². The Morgan fingerprint density at radius 1 is 0.731 bits per heavy atom. The lowest BCUT2D eigenvalue weighted by atomic mass is 9.68. The number of halogens is 3. The molecule has 0 aliphatic heterocycles. The lowest BCUT2D eigenvalue weighted by Gasteiger charge is -2.38. The van der Waals surface area contributed by atoms with Crippen LogP contribution in [0.15, 0.2) is 12.1 Å². The molecule has 2 saturated carbocycles. The average Bonchev–Trinajstić information content (AvgIpc) is 2.66. The highest BCUT2D eigenvalue weighted by Gasteiger charge is 2.30. The lowest BCUT2D eigenvalue weighted by molar-refractivity contribution is 0.141. The normalized spacial score (nSPS) is 29.7. The molecule has 2 aliphatic rings. The van der Waals surface area contributed by atoms with Crippen molar-refractivity contribution in [2.45, 2.75) is 84.0 Å². The van der Waals surface area contributed by atoms with Crippen molar-refractivity contribution in [1.82, 2.24) is 0 Å². The summed E-state index contributed by atoms with van der Waals surface area (Å²) in [6.45, 7) is 2.29. The quantitative estimate of drug-likeness (QED) is 0.459. The molecule has 146 valence electrons. The van der Waals surface area contributed by atoms with E-state index in [0.29, 0.717) is 17.9 Å². The summed E-state index contributed by atoms with van der Waals surface area (Å²) in [5.41, 5.74) is 0.581. The molecule has 2 aliphatic carbocycles. The van der Waals surface area contributed by atoms with Gasteiger partial charge in [0, 0.05) is 0 Å². The van der Waals surface area contributed by atoms with Crippen LogP contribution in [0.5, 0.6) is 0 Å². The van der Waals surface area contributed by atoms with Gasteiger partial charge in [0.05, 0.1) is 0 Å². The average molecular weight is 367 g/mol. The Balaban J connectivity index is 1.40.